The fraction of sp³-hybridized carbons (Fsp3) is 0.600. The van der Waals surface area contributed by atoms with Crippen LogP contribution in [0.3, 0.4) is 0 Å². The van der Waals surface area contributed by atoms with Crippen LogP contribution in [0.4, 0.5) is 0 Å². The van der Waals surface area contributed by atoms with Crippen molar-refractivity contribution in [1.29, 1.82) is 0 Å². The predicted octanol–water partition coefficient (Wildman–Crippen LogP) is 4.20. The molecule has 0 bridgehead atoms. The van der Waals surface area contributed by atoms with Gasteiger partial charge in [0.05, 0.1) is 13.2 Å². The molecule has 0 aromatic heterocycles. The molecule has 2 nitrogen and oxygen atoms in total. The largest absolute Gasteiger partial charge is 0.494 e. The Hall–Kier alpha value is -0.830. The summed E-state index contributed by atoms with van der Waals surface area (Å²) in [6.07, 6.45) is 3.26. The molecule has 0 saturated heterocycles. The molecule has 0 aliphatic carbocycles. The highest BCUT2D eigenvalue weighted by Crippen LogP contribution is 2.18. The van der Waals surface area contributed by atoms with E-state index in [1.807, 2.05) is 24.3 Å². The molecule has 18 heavy (non-hydrogen) atoms. The third kappa shape index (κ3) is 6.20. The summed E-state index contributed by atoms with van der Waals surface area (Å²) in [6, 6.07) is 7.85. The average Bonchev–Trinajstić information content (AvgIpc) is 2.38. The molecule has 0 N–H and O–H groups in total. The van der Waals surface area contributed by atoms with E-state index in [2.05, 4.69) is 26.5 Å². The molecule has 0 aliphatic heterocycles. The molecule has 1 atom stereocenters. The summed E-state index contributed by atoms with van der Waals surface area (Å²) in [5, 5.41) is 0. The van der Waals surface area contributed by atoms with Crippen LogP contribution in [0.2, 0.25) is 0 Å². The van der Waals surface area contributed by atoms with Gasteiger partial charge in [-0.3, -0.25) is 0 Å². The molecule has 0 radical (unpaired) electrons. The van der Waals surface area contributed by atoms with Crippen molar-refractivity contribution in [3.05, 3.63) is 24.3 Å². The fourth-order valence-corrected chi connectivity index (χ4v) is 2.04. The van der Waals surface area contributed by atoms with Crippen LogP contribution in [0.5, 0.6) is 11.5 Å². The Bertz CT molecular complexity index is 311. The maximum Gasteiger partial charge on any atom is 0.119 e. The lowest BCUT2D eigenvalue weighted by atomic mass is 10.1. The lowest BCUT2D eigenvalue weighted by Gasteiger charge is -2.11. The van der Waals surface area contributed by atoms with Gasteiger partial charge in [-0.2, -0.15) is 12.6 Å². The summed E-state index contributed by atoms with van der Waals surface area (Å²) >= 11 is 4.24. The lowest BCUT2D eigenvalue weighted by molar-refractivity contribution is 0.280. The highest BCUT2D eigenvalue weighted by atomic mass is 32.1. The first-order chi connectivity index (χ1) is 8.76. The predicted molar refractivity (Wildman–Crippen MR) is 80.0 cm³/mol. The van der Waals surface area contributed by atoms with E-state index < -0.39 is 0 Å². The fourth-order valence-electron chi connectivity index (χ4n) is 1.59. The Morgan fingerprint density at radius 3 is 2.06 bits per heavy atom. The van der Waals surface area contributed by atoms with Crippen molar-refractivity contribution in [2.45, 2.75) is 33.1 Å². The number of ether oxygens (including phenoxy) is 2. The van der Waals surface area contributed by atoms with Crippen molar-refractivity contribution >= 4 is 12.6 Å². The summed E-state index contributed by atoms with van der Waals surface area (Å²) in [7, 11) is 0. The molecule has 0 aliphatic rings. The molecule has 102 valence electrons. The first-order valence-corrected chi connectivity index (χ1v) is 7.36. The Morgan fingerprint density at radius 1 is 1.00 bits per heavy atom. The smallest absolute Gasteiger partial charge is 0.119 e. The van der Waals surface area contributed by atoms with Gasteiger partial charge >= 0.3 is 0 Å². The number of hydrogen-bond acceptors (Lipinski definition) is 3. The Kier molecular flexibility index (Phi) is 7.74. The second kappa shape index (κ2) is 9.15. The molecule has 1 aromatic rings. The van der Waals surface area contributed by atoms with Gasteiger partial charge in [0, 0.05) is 0 Å². The maximum absolute atomic E-state index is 5.70. The zero-order valence-corrected chi connectivity index (χ0v) is 12.3. The number of hydrogen-bond donors (Lipinski definition) is 1. The zero-order chi connectivity index (χ0) is 13.2. The molecule has 0 fully saturated rings. The van der Waals surface area contributed by atoms with Crippen molar-refractivity contribution in [3.8, 4) is 11.5 Å². The minimum atomic E-state index is 0.676. The summed E-state index contributed by atoms with van der Waals surface area (Å²) in [4.78, 5) is 0. The number of rotatable bonds is 9. The first-order valence-electron chi connectivity index (χ1n) is 6.72. The first kappa shape index (κ1) is 15.2. The zero-order valence-electron chi connectivity index (χ0n) is 11.4. The molecular formula is C15H24O2S. The lowest BCUT2D eigenvalue weighted by Crippen LogP contribution is -2.04. The van der Waals surface area contributed by atoms with Crippen LogP contribution < -0.4 is 9.47 Å². The van der Waals surface area contributed by atoms with E-state index in [1.165, 1.54) is 0 Å². The van der Waals surface area contributed by atoms with Crippen molar-refractivity contribution in [2.24, 2.45) is 5.92 Å². The quantitative estimate of drug-likeness (QED) is 0.677. The molecule has 0 amide bonds. The molecule has 1 unspecified atom stereocenters. The van der Waals surface area contributed by atoms with E-state index in [9.17, 15) is 0 Å². The second-order valence-corrected chi connectivity index (χ2v) is 5.02. The van der Waals surface area contributed by atoms with E-state index in [0.29, 0.717) is 5.92 Å². The van der Waals surface area contributed by atoms with Crippen LogP contribution in [-0.2, 0) is 0 Å². The Balaban J connectivity index is 2.26. The van der Waals surface area contributed by atoms with Gasteiger partial charge in [0.2, 0.25) is 0 Å². The summed E-state index contributed by atoms with van der Waals surface area (Å²) in [5.74, 6) is 3.45. The van der Waals surface area contributed by atoms with Gasteiger partial charge < -0.3 is 9.47 Å². The minimum absolute atomic E-state index is 0.676. The van der Waals surface area contributed by atoms with Crippen LogP contribution in [0, 0.1) is 5.92 Å². The van der Waals surface area contributed by atoms with Crippen LogP contribution in [0.25, 0.3) is 0 Å². The average molecular weight is 268 g/mol. The normalized spacial score (nSPS) is 12.2. The maximum atomic E-state index is 5.70. The highest BCUT2D eigenvalue weighted by molar-refractivity contribution is 7.80. The van der Waals surface area contributed by atoms with E-state index in [4.69, 9.17) is 9.47 Å². The van der Waals surface area contributed by atoms with E-state index in [1.54, 1.807) is 0 Å². The molecule has 3 heteroatoms. The van der Waals surface area contributed by atoms with Crippen molar-refractivity contribution in [2.75, 3.05) is 19.0 Å². The molecule has 0 spiro atoms. The summed E-state index contributed by atoms with van der Waals surface area (Å²) in [5.41, 5.74) is 0. The molecule has 0 heterocycles. The van der Waals surface area contributed by atoms with Gasteiger partial charge in [0.15, 0.2) is 0 Å². The second-order valence-electron chi connectivity index (χ2n) is 4.57. The van der Waals surface area contributed by atoms with Gasteiger partial charge in [0.25, 0.3) is 0 Å². The van der Waals surface area contributed by atoms with Crippen LogP contribution >= 0.6 is 12.6 Å². The van der Waals surface area contributed by atoms with Crippen LogP contribution in [-0.4, -0.2) is 19.0 Å². The standard InChI is InChI=1S/C15H24O2S/c1-3-10-16-14-4-6-15(7-5-14)17-11-8-13(2)9-12-18/h4-7,13,18H,3,8-12H2,1-2H3. The van der Waals surface area contributed by atoms with Crippen molar-refractivity contribution in [3.63, 3.8) is 0 Å². The van der Waals surface area contributed by atoms with Gasteiger partial charge in [0.1, 0.15) is 11.5 Å². The van der Waals surface area contributed by atoms with Crippen molar-refractivity contribution < 1.29 is 9.47 Å². The SMILES string of the molecule is CCCOc1ccc(OCCC(C)CCS)cc1. The van der Waals surface area contributed by atoms with E-state index >= 15 is 0 Å². The third-order valence-corrected chi connectivity index (χ3v) is 3.06. The van der Waals surface area contributed by atoms with E-state index in [0.717, 1.165) is 49.7 Å². The molecule has 1 aromatic carbocycles. The number of benzene rings is 1. The Morgan fingerprint density at radius 2 is 1.56 bits per heavy atom. The molecular weight excluding hydrogens is 244 g/mol. The Labute approximate surface area is 116 Å². The van der Waals surface area contributed by atoms with Gasteiger partial charge in [-0.1, -0.05) is 13.8 Å². The molecule has 1 rings (SSSR count). The molecule has 0 saturated carbocycles. The van der Waals surface area contributed by atoms with E-state index in [-0.39, 0.29) is 0 Å². The van der Waals surface area contributed by atoms with Crippen LogP contribution in [0.15, 0.2) is 24.3 Å². The topological polar surface area (TPSA) is 18.5 Å². The summed E-state index contributed by atoms with van der Waals surface area (Å²) in [6.45, 7) is 5.87. The number of thiol groups is 1. The van der Waals surface area contributed by atoms with Gasteiger partial charge in [-0.05, 0) is 55.2 Å². The summed E-state index contributed by atoms with van der Waals surface area (Å²) < 4.78 is 11.2. The van der Waals surface area contributed by atoms with Crippen molar-refractivity contribution in [1.82, 2.24) is 0 Å². The monoisotopic (exact) mass is 268 g/mol. The third-order valence-electron chi connectivity index (χ3n) is 2.80. The van der Waals surface area contributed by atoms with Crippen LogP contribution in [0.1, 0.15) is 33.1 Å². The van der Waals surface area contributed by atoms with Gasteiger partial charge in [-0.25, -0.2) is 0 Å². The highest BCUT2D eigenvalue weighted by Gasteiger charge is 2.01. The van der Waals surface area contributed by atoms with Gasteiger partial charge in [-0.15, -0.1) is 0 Å². The minimum Gasteiger partial charge on any atom is -0.494 e.